The van der Waals surface area contributed by atoms with Crippen molar-refractivity contribution in [1.29, 1.82) is 0 Å². The summed E-state index contributed by atoms with van der Waals surface area (Å²) in [4.78, 5) is 11.7. The summed E-state index contributed by atoms with van der Waals surface area (Å²) in [7, 11) is 0. The van der Waals surface area contributed by atoms with Gasteiger partial charge < -0.3 is 5.32 Å². The van der Waals surface area contributed by atoms with E-state index in [4.69, 9.17) is 0 Å². The van der Waals surface area contributed by atoms with Crippen LogP contribution in [0, 0.1) is 0 Å². The average molecular weight is 370 g/mol. The van der Waals surface area contributed by atoms with E-state index in [0.29, 0.717) is 0 Å². The van der Waals surface area contributed by atoms with Crippen molar-refractivity contribution in [2.24, 2.45) is 0 Å². The van der Waals surface area contributed by atoms with E-state index < -0.39 is 17.6 Å². The number of rotatable bonds is 3. The van der Waals surface area contributed by atoms with E-state index in [1.165, 1.54) is 18.2 Å². The van der Waals surface area contributed by atoms with Crippen LogP contribution in [0.25, 0.3) is 6.08 Å². The molecule has 0 spiro atoms. The summed E-state index contributed by atoms with van der Waals surface area (Å²) in [6.45, 7) is 0. The molecule has 2 rings (SSSR count). The summed E-state index contributed by atoms with van der Waals surface area (Å²) in [5.74, 6) is -0.501. The summed E-state index contributed by atoms with van der Waals surface area (Å²) in [6.07, 6.45) is -1.59. The first-order valence-corrected chi connectivity index (χ1v) is 7.06. The fourth-order valence-corrected chi connectivity index (χ4v) is 2.16. The molecule has 0 aliphatic rings. The number of halogens is 4. The minimum Gasteiger partial charge on any atom is -0.322 e. The van der Waals surface area contributed by atoms with Crippen LogP contribution in [-0.2, 0) is 11.0 Å². The number of hydrogen-bond donors (Lipinski definition) is 1. The third kappa shape index (κ3) is 4.73. The molecule has 0 saturated heterocycles. The Morgan fingerprint density at radius 1 is 1.09 bits per heavy atom. The minimum absolute atomic E-state index is 0.0960. The molecule has 0 fully saturated rings. The van der Waals surface area contributed by atoms with Gasteiger partial charge in [0, 0.05) is 16.2 Å². The topological polar surface area (TPSA) is 29.1 Å². The van der Waals surface area contributed by atoms with Crippen molar-refractivity contribution in [3.8, 4) is 0 Å². The van der Waals surface area contributed by atoms with Crippen LogP contribution in [0.1, 0.15) is 11.1 Å². The number of anilines is 1. The molecule has 2 nitrogen and oxygen atoms in total. The van der Waals surface area contributed by atoms with E-state index in [2.05, 4.69) is 21.2 Å². The second-order valence-corrected chi connectivity index (χ2v) is 5.37. The molecule has 114 valence electrons. The number of nitrogens with one attached hydrogen (secondary N) is 1. The van der Waals surface area contributed by atoms with Gasteiger partial charge in [-0.05, 0) is 42.0 Å². The van der Waals surface area contributed by atoms with Gasteiger partial charge in [0.1, 0.15) is 0 Å². The van der Waals surface area contributed by atoms with Gasteiger partial charge in [0.25, 0.3) is 0 Å². The van der Waals surface area contributed by atoms with Gasteiger partial charge in [-0.2, -0.15) is 13.2 Å². The van der Waals surface area contributed by atoms with Gasteiger partial charge in [0.2, 0.25) is 5.91 Å². The highest BCUT2D eigenvalue weighted by Gasteiger charge is 2.30. The standard InChI is InChI=1S/C16H11BrF3NO/c17-13-5-1-3-11(9-13)7-8-15(22)21-14-6-2-4-12(10-14)16(18,19)20/h1-10H,(H,21,22)/b8-7+. The van der Waals surface area contributed by atoms with E-state index in [1.807, 2.05) is 18.2 Å². The molecule has 0 saturated carbocycles. The molecular weight excluding hydrogens is 359 g/mol. The Morgan fingerprint density at radius 2 is 1.82 bits per heavy atom. The van der Waals surface area contributed by atoms with Crippen LogP contribution < -0.4 is 5.32 Å². The van der Waals surface area contributed by atoms with Crippen molar-refractivity contribution >= 4 is 33.6 Å². The molecule has 1 amide bonds. The Labute approximate surface area is 133 Å². The lowest BCUT2D eigenvalue weighted by molar-refractivity contribution is -0.137. The molecule has 0 bridgehead atoms. The van der Waals surface area contributed by atoms with Crippen LogP contribution in [0.5, 0.6) is 0 Å². The maximum Gasteiger partial charge on any atom is 0.416 e. The molecule has 0 aliphatic carbocycles. The first-order valence-electron chi connectivity index (χ1n) is 6.26. The molecule has 2 aromatic carbocycles. The van der Waals surface area contributed by atoms with Crippen molar-refractivity contribution in [1.82, 2.24) is 0 Å². The number of carbonyl (C=O) groups excluding carboxylic acids is 1. The molecule has 6 heteroatoms. The molecule has 0 aromatic heterocycles. The third-order valence-corrected chi connectivity index (χ3v) is 3.23. The Bertz CT molecular complexity index is 711. The normalized spacial score (nSPS) is 11.6. The fraction of sp³-hybridized carbons (Fsp3) is 0.0625. The first kappa shape index (κ1) is 16.3. The maximum atomic E-state index is 12.6. The van der Waals surface area contributed by atoms with Gasteiger partial charge in [0.05, 0.1) is 5.56 Å². The highest BCUT2D eigenvalue weighted by molar-refractivity contribution is 9.10. The maximum absolute atomic E-state index is 12.6. The third-order valence-electron chi connectivity index (χ3n) is 2.73. The zero-order valence-corrected chi connectivity index (χ0v) is 12.8. The summed E-state index contributed by atoms with van der Waals surface area (Å²) in [5, 5.41) is 2.40. The molecule has 1 N–H and O–H groups in total. The quantitative estimate of drug-likeness (QED) is 0.747. The predicted octanol–water partition coefficient (Wildman–Crippen LogP) is 5.12. The van der Waals surface area contributed by atoms with E-state index in [1.54, 1.807) is 12.1 Å². The molecule has 0 unspecified atom stereocenters. The van der Waals surface area contributed by atoms with Gasteiger partial charge in [-0.3, -0.25) is 4.79 Å². The van der Waals surface area contributed by atoms with E-state index >= 15 is 0 Å². The molecular formula is C16H11BrF3NO. The van der Waals surface area contributed by atoms with Gasteiger partial charge in [-0.25, -0.2) is 0 Å². The van der Waals surface area contributed by atoms with E-state index in [9.17, 15) is 18.0 Å². The highest BCUT2D eigenvalue weighted by atomic mass is 79.9. The van der Waals surface area contributed by atoms with E-state index in [0.717, 1.165) is 22.2 Å². The Balaban J connectivity index is 2.06. The van der Waals surface area contributed by atoms with Gasteiger partial charge in [0.15, 0.2) is 0 Å². The molecule has 22 heavy (non-hydrogen) atoms. The molecule has 0 aliphatic heterocycles. The lowest BCUT2D eigenvalue weighted by Gasteiger charge is -2.08. The van der Waals surface area contributed by atoms with Gasteiger partial charge in [-0.15, -0.1) is 0 Å². The van der Waals surface area contributed by atoms with Gasteiger partial charge >= 0.3 is 6.18 Å². The van der Waals surface area contributed by atoms with Crippen molar-refractivity contribution in [2.75, 3.05) is 5.32 Å². The highest BCUT2D eigenvalue weighted by Crippen LogP contribution is 2.30. The van der Waals surface area contributed by atoms with Crippen LogP contribution in [-0.4, -0.2) is 5.91 Å². The minimum atomic E-state index is -4.44. The molecule has 0 heterocycles. The molecule has 2 aromatic rings. The van der Waals surface area contributed by atoms with Crippen molar-refractivity contribution in [3.63, 3.8) is 0 Å². The number of hydrogen-bond acceptors (Lipinski definition) is 1. The zero-order valence-electron chi connectivity index (χ0n) is 11.2. The number of alkyl halides is 3. The molecule has 0 radical (unpaired) electrons. The SMILES string of the molecule is O=C(/C=C/c1cccc(Br)c1)Nc1cccc(C(F)(F)F)c1. The van der Waals surface area contributed by atoms with Crippen molar-refractivity contribution in [2.45, 2.75) is 6.18 Å². The summed E-state index contributed by atoms with van der Waals surface area (Å²) >= 11 is 3.31. The molecule has 0 atom stereocenters. The van der Waals surface area contributed by atoms with Crippen LogP contribution in [0.3, 0.4) is 0 Å². The predicted molar refractivity (Wildman–Crippen MR) is 83.2 cm³/mol. The Kier molecular flexibility index (Phi) is 5.03. The largest absolute Gasteiger partial charge is 0.416 e. The van der Waals surface area contributed by atoms with Crippen LogP contribution >= 0.6 is 15.9 Å². The number of amides is 1. The van der Waals surface area contributed by atoms with Crippen molar-refractivity contribution in [3.05, 3.63) is 70.2 Å². The number of benzene rings is 2. The second-order valence-electron chi connectivity index (χ2n) is 4.46. The van der Waals surface area contributed by atoms with Crippen LogP contribution in [0.15, 0.2) is 59.1 Å². The van der Waals surface area contributed by atoms with E-state index in [-0.39, 0.29) is 5.69 Å². The van der Waals surface area contributed by atoms with Crippen LogP contribution in [0.4, 0.5) is 18.9 Å². The Morgan fingerprint density at radius 3 is 2.50 bits per heavy atom. The lowest BCUT2D eigenvalue weighted by Crippen LogP contribution is -2.10. The lowest BCUT2D eigenvalue weighted by atomic mass is 10.2. The van der Waals surface area contributed by atoms with Crippen LogP contribution in [0.2, 0.25) is 0 Å². The zero-order chi connectivity index (χ0) is 16.2. The monoisotopic (exact) mass is 369 g/mol. The summed E-state index contributed by atoms with van der Waals surface area (Å²) < 4.78 is 38.6. The fourth-order valence-electron chi connectivity index (χ4n) is 1.74. The van der Waals surface area contributed by atoms with Crippen molar-refractivity contribution < 1.29 is 18.0 Å². The second kappa shape index (κ2) is 6.79. The first-order chi connectivity index (χ1) is 10.3. The summed E-state index contributed by atoms with van der Waals surface area (Å²) in [6, 6.07) is 11.8. The smallest absolute Gasteiger partial charge is 0.322 e. The number of carbonyl (C=O) groups is 1. The van der Waals surface area contributed by atoms with Gasteiger partial charge in [-0.1, -0.05) is 34.1 Å². The summed E-state index contributed by atoms with van der Waals surface area (Å²) in [5.41, 5.74) is 0.0913. The average Bonchev–Trinajstić information content (AvgIpc) is 2.45. The Hall–Kier alpha value is -2.08.